The quantitative estimate of drug-likeness (QED) is 0.835. The van der Waals surface area contributed by atoms with E-state index in [0.717, 1.165) is 10.2 Å². The summed E-state index contributed by atoms with van der Waals surface area (Å²) in [6, 6.07) is 7.79. The smallest absolute Gasteiger partial charge is 0.258 e. The molecule has 8 heteroatoms. The van der Waals surface area contributed by atoms with Gasteiger partial charge in [0.15, 0.2) is 9.84 Å². The van der Waals surface area contributed by atoms with Gasteiger partial charge in [-0.15, -0.1) is 5.10 Å². The van der Waals surface area contributed by atoms with Crippen molar-refractivity contribution in [3.05, 3.63) is 29.1 Å². The van der Waals surface area contributed by atoms with Crippen LogP contribution < -0.4 is 10.2 Å². The van der Waals surface area contributed by atoms with Crippen molar-refractivity contribution in [3.63, 3.8) is 0 Å². The molecule has 0 fully saturated rings. The number of nitrogens with zero attached hydrogens (tertiary/aromatic N) is 2. The fraction of sp³-hybridized carbons (Fsp3) is 0.429. The molecule has 0 aliphatic rings. The minimum absolute atomic E-state index is 0.00173. The van der Waals surface area contributed by atoms with Gasteiger partial charge in [0.1, 0.15) is 5.25 Å². The van der Waals surface area contributed by atoms with E-state index in [4.69, 9.17) is 0 Å². The van der Waals surface area contributed by atoms with Crippen molar-refractivity contribution >= 4 is 37.3 Å². The molecule has 6 nitrogen and oxygen atoms in total. The number of nitrogens with one attached hydrogen (secondary N) is 1. The summed E-state index contributed by atoms with van der Waals surface area (Å²) in [7, 11) is -1.58. The van der Waals surface area contributed by atoms with E-state index in [1.54, 1.807) is 6.92 Å². The van der Waals surface area contributed by atoms with Gasteiger partial charge in [0.2, 0.25) is 4.80 Å². The standard InChI is InChI=1S/C14H19N3O3S2/c1-4-9-22(19,20)10(2)13(18)15-16-14-17(3)11-7-5-6-8-12(11)21-14/h5-8,10H,4,9H2,1-3H3,(H,15,18)/b16-14-. The Balaban J connectivity index is 2.23. The third kappa shape index (κ3) is 3.38. The highest BCUT2D eigenvalue weighted by molar-refractivity contribution is 7.92. The number of fused-ring (bicyclic) bond motifs is 1. The van der Waals surface area contributed by atoms with Crippen LogP contribution in [0.2, 0.25) is 0 Å². The second kappa shape index (κ2) is 6.62. The fourth-order valence-corrected chi connectivity index (χ4v) is 4.29. The minimum atomic E-state index is -3.42. The van der Waals surface area contributed by atoms with Gasteiger partial charge in [-0.05, 0) is 25.5 Å². The lowest BCUT2D eigenvalue weighted by molar-refractivity contribution is -0.120. The zero-order valence-corrected chi connectivity index (χ0v) is 14.4. The fourth-order valence-electron chi connectivity index (χ4n) is 2.01. The first-order valence-corrected chi connectivity index (χ1v) is 9.49. The molecule has 2 rings (SSSR count). The molecule has 1 unspecified atom stereocenters. The van der Waals surface area contributed by atoms with Crippen molar-refractivity contribution < 1.29 is 13.2 Å². The summed E-state index contributed by atoms with van der Waals surface area (Å²) in [5.74, 6) is -0.607. The predicted molar refractivity (Wildman–Crippen MR) is 88.0 cm³/mol. The van der Waals surface area contributed by atoms with Gasteiger partial charge in [-0.1, -0.05) is 30.4 Å². The summed E-state index contributed by atoms with van der Waals surface area (Å²) in [4.78, 5) is 12.6. The molecular weight excluding hydrogens is 322 g/mol. The number of para-hydroxylation sites is 1. The van der Waals surface area contributed by atoms with Gasteiger partial charge in [-0.25, -0.2) is 13.8 Å². The Labute approximate surface area is 133 Å². The Hall–Kier alpha value is -1.67. The molecule has 0 saturated carbocycles. The third-order valence-electron chi connectivity index (χ3n) is 3.37. The number of aromatic nitrogens is 1. The van der Waals surface area contributed by atoms with Crippen molar-refractivity contribution in [2.45, 2.75) is 25.5 Å². The molecule has 22 heavy (non-hydrogen) atoms. The summed E-state index contributed by atoms with van der Waals surface area (Å²) >= 11 is 1.43. The van der Waals surface area contributed by atoms with E-state index in [1.165, 1.54) is 18.3 Å². The van der Waals surface area contributed by atoms with Crippen molar-refractivity contribution in [2.24, 2.45) is 12.1 Å². The Morgan fingerprint density at radius 2 is 2.09 bits per heavy atom. The third-order valence-corrected chi connectivity index (χ3v) is 6.75. The molecular formula is C14H19N3O3S2. The molecule has 1 amide bonds. The highest BCUT2D eigenvalue weighted by Crippen LogP contribution is 2.14. The zero-order chi connectivity index (χ0) is 16.3. The minimum Gasteiger partial charge on any atom is -0.318 e. The van der Waals surface area contributed by atoms with Crippen LogP contribution in [0.3, 0.4) is 0 Å². The first-order valence-electron chi connectivity index (χ1n) is 6.96. The van der Waals surface area contributed by atoms with Gasteiger partial charge < -0.3 is 4.57 Å². The van der Waals surface area contributed by atoms with Crippen LogP contribution >= 0.6 is 11.3 Å². The monoisotopic (exact) mass is 341 g/mol. The number of carbonyl (C=O) groups is 1. The topological polar surface area (TPSA) is 80.5 Å². The lowest BCUT2D eigenvalue weighted by Gasteiger charge is -2.09. The maximum atomic E-state index is 12.0. The average Bonchev–Trinajstić information content (AvgIpc) is 2.81. The van der Waals surface area contributed by atoms with Crippen LogP contribution in [-0.4, -0.2) is 29.9 Å². The number of carbonyl (C=O) groups excluding carboxylic acids is 1. The normalized spacial score (nSPS) is 14.2. The highest BCUT2D eigenvalue weighted by Gasteiger charge is 2.26. The Kier molecular flexibility index (Phi) is 5.02. The molecule has 120 valence electrons. The maximum absolute atomic E-state index is 12.0. The highest BCUT2D eigenvalue weighted by atomic mass is 32.2. The first kappa shape index (κ1) is 16.7. The van der Waals surface area contributed by atoms with E-state index >= 15 is 0 Å². The maximum Gasteiger partial charge on any atom is 0.258 e. The van der Waals surface area contributed by atoms with Crippen molar-refractivity contribution in [1.82, 2.24) is 9.99 Å². The number of hydrogen-bond acceptors (Lipinski definition) is 5. The van der Waals surface area contributed by atoms with E-state index in [-0.39, 0.29) is 5.75 Å². The Morgan fingerprint density at radius 3 is 2.73 bits per heavy atom. The van der Waals surface area contributed by atoms with Gasteiger partial charge in [0.05, 0.1) is 16.0 Å². The number of rotatable bonds is 5. The van der Waals surface area contributed by atoms with Gasteiger partial charge in [-0.2, -0.15) is 0 Å². The molecule has 0 saturated heterocycles. The van der Waals surface area contributed by atoms with Crippen LogP contribution in [-0.2, 0) is 21.7 Å². The van der Waals surface area contributed by atoms with E-state index in [9.17, 15) is 13.2 Å². The van der Waals surface area contributed by atoms with Crippen molar-refractivity contribution in [3.8, 4) is 0 Å². The zero-order valence-electron chi connectivity index (χ0n) is 12.7. The molecule has 1 atom stereocenters. The lowest BCUT2D eigenvalue weighted by atomic mass is 10.3. The lowest BCUT2D eigenvalue weighted by Crippen LogP contribution is -2.37. The summed E-state index contributed by atoms with van der Waals surface area (Å²) in [6.07, 6.45) is 0.488. The number of benzene rings is 1. The van der Waals surface area contributed by atoms with Crippen LogP contribution in [0.15, 0.2) is 29.4 Å². The summed E-state index contributed by atoms with van der Waals surface area (Å²) in [5.41, 5.74) is 3.37. The van der Waals surface area contributed by atoms with Crippen LogP contribution in [0.1, 0.15) is 20.3 Å². The summed E-state index contributed by atoms with van der Waals surface area (Å²) in [6.45, 7) is 3.16. The molecule has 1 aromatic heterocycles. The van der Waals surface area contributed by atoms with Crippen LogP contribution in [0.25, 0.3) is 10.2 Å². The molecule has 0 spiro atoms. The number of hydrogen-bond donors (Lipinski definition) is 1. The van der Waals surface area contributed by atoms with Gasteiger partial charge in [0, 0.05) is 7.05 Å². The number of thiazole rings is 1. The second-order valence-electron chi connectivity index (χ2n) is 5.01. The number of sulfone groups is 1. The van der Waals surface area contributed by atoms with Crippen LogP contribution in [0, 0.1) is 0 Å². The molecule has 1 heterocycles. The van der Waals surface area contributed by atoms with Crippen molar-refractivity contribution in [1.29, 1.82) is 0 Å². The van der Waals surface area contributed by atoms with Gasteiger partial charge in [0.25, 0.3) is 5.91 Å². The number of aryl methyl sites for hydroxylation is 1. The van der Waals surface area contributed by atoms with E-state index in [2.05, 4.69) is 10.5 Å². The molecule has 0 aliphatic carbocycles. The predicted octanol–water partition coefficient (Wildman–Crippen LogP) is 1.38. The van der Waals surface area contributed by atoms with E-state index < -0.39 is 21.0 Å². The first-order chi connectivity index (χ1) is 10.4. The molecule has 2 aromatic rings. The molecule has 0 bridgehead atoms. The Morgan fingerprint density at radius 1 is 1.41 bits per heavy atom. The van der Waals surface area contributed by atoms with E-state index in [1.807, 2.05) is 35.9 Å². The largest absolute Gasteiger partial charge is 0.318 e. The summed E-state index contributed by atoms with van der Waals surface area (Å²) in [5, 5.41) is 2.95. The second-order valence-corrected chi connectivity index (χ2v) is 8.46. The molecule has 0 radical (unpaired) electrons. The van der Waals surface area contributed by atoms with Crippen LogP contribution in [0.5, 0.6) is 0 Å². The van der Waals surface area contributed by atoms with Crippen LogP contribution in [0.4, 0.5) is 0 Å². The number of amides is 1. The average molecular weight is 341 g/mol. The van der Waals surface area contributed by atoms with E-state index in [0.29, 0.717) is 11.2 Å². The van der Waals surface area contributed by atoms with Gasteiger partial charge >= 0.3 is 0 Å². The summed E-state index contributed by atoms with van der Waals surface area (Å²) < 4.78 is 26.7. The SMILES string of the molecule is CCCS(=O)(=O)C(C)C(=O)N/N=c1\sc2ccccc2n1C. The van der Waals surface area contributed by atoms with Crippen molar-refractivity contribution in [2.75, 3.05) is 5.75 Å². The molecule has 1 aromatic carbocycles. The molecule has 1 N–H and O–H groups in total. The molecule has 0 aliphatic heterocycles. The Bertz CT molecular complexity index is 850. The van der Waals surface area contributed by atoms with Gasteiger partial charge in [-0.3, -0.25) is 4.79 Å².